The van der Waals surface area contributed by atoms with Crippen LogP contribution in [0.15, 0.2) is 0 Å². The zero-order chi connectivity index (χ0) is 4.24. The van der Waals surface area contributed by atoms with Gasteiger partial charge in [-0.15, -0.1) is 13.1 Å². The van der Waals surface area contributed by atoms with Gasteiger partial charge in [0.25, 0.3) is 0 Å². The van der Waals surface area contributed by atoms with Gasteiger partial charge in [0.1, 0.15) is 0 Å². The average Bonchev–Trinajstić information content (AvgIpc) is 1.72. The van der Waals surface area contributed by atoms with Crippen LogP contribution in [0.5, 0.6) is 0 Å². The van der Waals surface area contributed by atoms with Crippen molar-refractivity contribution in [3.63, 3.8) is 0 Å². The van der Waals surface area contributed by atoms with Gasteiger partial charge in [-0.1, -0.05) is 0 Å². The molecule has 0 atom stereocenters. The smallest absolute Gasteiger partial charge is 0.0277 e. The molecule has 0 aliphatic carbocycles. The minimum Gasteiger partial charge on any atom is -0.659 e. The molecular formula is C4H8MnNOZn-. The molecular weight excluding hydrogens is 198 g/mol. The molecule has 1 radical (unpaired) electrons. The summed E-state index contributed by atoms with van der Waals surface area (Å²) in [6, 6.07) is 0. The first kappa shape index (κ1) is 11.8. The van der Waals surface area contributed by atoms with E-state index in [1.807, 2.05) is 0 Å². The SMILES string of the molecule is C1COCC[N-]1.[Mn].[Zn]. The Kier molecular flexibility index (Phi) is 11.9. The fourth-order valence-corrected chi connectivity index (χ4v) is 0.472. The summed E-state index contributed by atoms with van der Waals surface area (Å²) in [5.74, 6) is 0. The van der Waals surface area contributed by atoms with Crippen molar-refractivity contribution in [3.05, 3.63) is 5.32 Å². The summed E-state index contributed by atoms with van der Waals surface area (Å²) in [5.41, 5.74) is 0. The van der Waals surface area contributed by atoms with Crippen molar-refractivity contribution >= 4 is 0 Å². The van der Waals surface area contributed by atoms with Crippen LogP contribution in [0.4, 0.5) is 0 Å². The van der Waals surface area contributed by atoms with Crippen molar-refractivity contribution in [1.82, 2.24) is 0 Å². The van der Waals surface area contributed by atoms with E-state index >= 15 is 0 Å². The van der Waals surface area contributed by atoms with E-state index in [0.29, 0.717) is 0 Å². The third-order valence-electron chi connectivity index (χ3n) is 0.787. The van der Waals surface area contributed by atoms with E-state index in [2.05, 4.69) is 5.32 Å². The molecule has 1 aliphatic rings. The maximum atomic E-state index is 4.98. The van der Waals surface area contributed by atoms with Crippen LogP contribution in [-0.2, 0) is 41.3 Å². The van der Waals surface area contributed by atoms with Crippen molar-refractivity contribution in [1.29, 1.82) is 0 Å². The van der Waals surface area contributed by atoms with Crippen LogP contribution in [0.25, 0.3) is 5.32 Å². The summed E-state index contributed by atoms with van der Waals surface area (Å²) in [6.45, 7) is 3.47. The van der Waals surface area contributed by atoms with Crippen molar-refractivity contribution in [2.75, 3.05) is 26.3 Å². The molecule has 0 saturated carbocycles. The fraction of sp³-hybridized carbons (Fsp3) is 1.00. The Balaban J connectivity index is 0. The van der Waals surface area contributed by atoms with Crippen LogP contribution in [0, 0.1) is 0 Å². The van der Waals surface area contributed by atoms with Gasteiger partial charge in [0.2, 0.25) is 0 Å². The molecule has 0 aromatic rings. The molecule has 45 valence electrons. The summed E-state index contributed by atoms with van der Waals surface area (Å²) in [4.78, 5) is 0. The van der Waals surface area contributed by atoms with Gasteiger partial charge in [0.15, 0.2) is 0 Å². The molecule has 0 aromatic carbocycles. The summed E-state index contributed by atoms with van der Waals surface area (Å²) in [7, 11) is 0. The van der Waals surface area contributed by atoms with E-state index in [9.17, 15) is 0 Å². The molecule has 0 spiro atoms. The summed E-state index contributed by atoms with van der Waals surface area (Å²) in [6.07, 6.45) is 0. The predicted molar refractivity (Wildman–Crippen MR) is 23.9 cm³/mol. The number of hydrogen-bond donors (Lipinski definition) is 0. The molecule has 0 bridgehead atoms. The van der Waals surface area contributed by atoms with Crippen LogP contribution in [0.3, 0.4) is 0 Å². The van der Waals surface area contributed by atoms with Gasteiger partial charge in [-0.05, 0) is 0 Å². The average molecular weight is 206 g/mol. The summed E-state index contributed by atoms with van der Waals surface area (Å²) >= 11 is 0. The van der Waals surface area contributed by atoms with E-state index in [1.54, 1.807) is 0 Å². The molecule has 1 rings (SSSR count). The quantitative estimate of drug-likeness (QED) is 0.526. The minimum absolute atomic E-state index is 0. The zero-order valence-corrected chi connectivity index (χ0v) is 8.92. The van der Waals surface area contributed by atoms with Crippen LogP contribution in [-0.4, -0.2) is 26.3 Å². The first-order chi connectivity index (χ1) is 3.00. The van der Waals surface area contributed by atoms with E-state index in [4.69, 9.17) is 4.74 Å². The van der Waals surface area contributed by atoms with Gasteiger partial charge in [-0.25, -0.2) is 0 Å². The topological polar surface area (TPSA) is 23.3 Å². The van der Waals surface area contributed by atoms with Crippen LogP contribution in [0.2, 0.25) is 0 Å². The van der Waals surface area contributed by atoms with Gasteiger partial charge in [-0.3, -0.25) is 0 Å². The van der Waals surface area contributed by atoms with Gasteiger partial charge in [0.05, 0.1) is 0 Å². The van der Waals surface area contributed by atoms with E-state index in [1.165, 1.54) is 0 Å². The Labute approximate surface area is 73.0 Å². The van der Waals surface area contributed by atoms with E-state index in [-0.39, 0.29) is 36.5 Å². The third kappa shape index (κ3) is 5.20. The molecule has 8 heavy (non-hydrogen) atoms. The number of rotatable bonds is 0. The Morgan fingerprint density at radius 2 is 1.62 bits per heavy atom. The van der Waals surface area contributed by atoms with Gasteiger partial charge in [0, 0.05) is 49.8 Å². The van der Waals surface area contributed by atoms with Gasteiger partial charge < -0.3 is 10.1 Å². The number of nitrogens with zero attached hydrogens (tertiary/aromatic N) is 1. The second kappa shape index (κ2) is 8.06. The second-order valence-electron chi connectivity index (χ2n) is 1.28. The molecule has 0 amide bonds. The van der Waals surface area contributed by atoms with E-state index in [0.717, 1.165) is 26.3 Å². The molecule has 0 unspecified atom stereocenters. The Morgan fingerprint density at radius 1 is 1.12 bits per heavy atom. The molecule has 4 heteroatoms. The Morgan fingerprint density at radius 3 is 1.75 bits per heavy atom. The maximum absolute atomic E-state index is 4.98. The van der Waals surface area contributed by atoms with Crippen molar-refractivity contribution in [3.8, 4) is 0 Å². The summed E-state index contributed by atoms with van der Waals surface area (Å²) in [5, 5.41) is 4.05. The normalized spacial score (nSPS) is 18.0. The molecule has 1 saturated heterocycles. The van der Waals surface area contributed by atoms with Crippen LogP contribution in [0.1, 0.15) is 0 Å². The number of hydrogen-bond acceptors (Lipinski definition) is 1. The van der Waals surface area contributed by atoms with Crippen molar-refractivity contribution in [2.45, 2.75) is 0 Å². The second-order valence-corrected chi connectivity index (χ2v) is 1.28. The largest absolute Gasteiger partial charge is 0.659 e. The molecule has 2 nitrogen and oxygen atoms in total. The van der Waals surface area contributed by atoms with Crippen molar-refractivity contribution < 1.29 is 41.3 Å². The molecule has 1 fully saturated rings. The molecule has 0 N–H and O–H groups in total. The zero-order valence-electron chi connectivity index (χ0n) is 4.77. The fourth-order valence-electron chi connectivity index (χ4n) is 0.472. The first-order valence-electron chi connectivity index (χ1n) is 2.21. The number of ether oxygens (including phenoxy) is 1. The first-order valence-corrected chi connectivity index (χ1v) is 2.21. The monoisotopic (exact) mass is 205 g/mol. The number of morpholine rings is 1. The molecule has 1 aliphatic heterocycles. The van der Waals surface area contributed by atoms with Gasteiger partial charge >= 0.3 is 0 Å². The van der Waals surface area contributed by atoms with Gasteiger partial charge in [-0.2, -0.15) is 0 Å². The molecule has 1 heterocycles. The van der Waals surface area contributed by atoms with E-state index < -0.39 is 0 Å². The Bertz CT molecular complexity index is 31.5. The molecule has 0 aromatic heterocycles. The van der Waals surface area contributed by atoms with Crippen molar-refractivity contribution in [2.24, 2.45) is 0 Å². The third-order valence-corrected chi connectivity index (χ3v) is 0.787. The summed E-state index contributed by atoms with van der Waals surface area (Å²) < 4.78 is 4.98. The predicted octanol–water partition coefficient (Wildman–Crippen LogP) is 0.385. The standard InChI is InChI=1S/C4H8NO.Mn.Zn/c1-3-6-4-2-5-1;;/h1-4H2;;/q-1;;. The van der Waals surface area contributed by atoms with Crippen LogP contribution >= 0.6 is 0 Å². The van der Waals surface area contributed by atoms with Crippen LogP contribution < -0.4 is 0 Å². The maximum Gasteiger partial charge on any atom is 0.0277 e. The minimum atomic E-state index is 0. The Hall–Kier alpha value is 1.06.